The lowest BCUT2D eigenvalue weighted by atomic mass is 10.0. The number of halogens is 1. The minimum absolute atomic E-state index is 0.0675. The quantitative estimate of drug-likeness (QED) is 0.753. The fourth-order valence-electron chi connectivity index (χ4n) is 1.76. The number of hydrogen-bond acceptors (Lipinski definition) is 2. The standard InChI is InChI=1S/C13H20FNO/c1-3-4-5-6-12(15)11-8-7-10(14)9-13(11)16-2/h7-9,12H,3-6,15H2,1-2H3/t12-/m1/s1. The van der Waals surface area contributed by atoms with Crippen molar-refractivity contribution in [3.05, 3.63) is 29.6 Å². The monoisotopic (exact) mass is 225 g/mol. The van der Waals surface area contributed by atoms with E-state index in [1.54, 1.807) is 6.07 Å². The minimum Gasteiger partial charge on any atom is -0.496 e. The molecule has 0 aliphatic heterocycles. The topological polar surface area (TPSA) is 35.2 Å². The van der Waals surface area contributed by atoms with Gasteiger partial charge in [-0.3, -0.25) is 0 Å². The second kappa shape index (κ2) is 6.48. The van der Waals surface area contributed by atoms with Gasteiger partial charge in [0.05, 0.1) is 7.11 Å². The summed E-state index contributed by atoms with van der Waals surface area (Å²) in [7, 11) is 1.54. The van der Waals surface area contributed by atoms with Gasteiger partial charge in [-0.05, 0) is 12.5 Å². The Kier molecular flexibility index (Phi) is 5.26. The molecule has 0 fully saturated rings. The molecule has 1 atom stereocenters. The summed E-state index contributed by atoms with van der Waals surface area (Å²) < 4.78 is 18.1. The number of hydrogen-bond donors (Lipinski definition) is 1. The van der Waals surface area contributed by atoms with Crippen LogP contribution < -0.4 is 10.5 Å². The molecule has 2 N–H and O–H groups in total. The van der Waals surface area contributed by atoms with E-state index in [9.17, 15) is 4.39 Å². The van der Waals surface area contributed by atoms with Crippen LogP contribution in [0.25, 0.3) is 0 Å². The van der Waals surface area contributed by atoms with Crippen molar-refractivity contribution in [1.82, 2.24) is 0 Å². The fraction of sp³-hybridized carbons (Fsp3) is 0.538. The zero-order chi connectivity index (χ0) is 12.0. The molecule has 0 unspecified atom stereocenters. The molecule has 0 spiro atoms. The first-order valence-electron chi connectivity index (χ1n) is 5.78. The van der Waals surface area contributed by atoms with E-state index in [1.807, 2.05) is 0 Å². The number of ether oxygens (including phenoxy) is 1. The van der Waals surface area contributed by atoms with Gasteiger partial charge in [-0.2, -0.15) is 0 Å². The lowest BCUT2D eigenvalue weighted by Crippen LogP contribution is -2.11. The Bertz CT molecular complexity index is 328. The highest BCUT2D eigenvalue weighted by Crippen LogP contribution is 2.27. The van der Waals surface area contributed by atoms with Crippen molar-refractivity contribution in [3.63, 3.8) is 0 Å². The number of benzene rings is 1. The maximum Gasteiger partial charge on any atom is 0.126 e. The third kappa shape index (κ3) is 3.49. The highest BCUT2D eigenvalue weighted by Gasteiger charge is 2.12. The van der Waals surface area contributed by atoms with E-state index in [0.29, 0.717) is 5.75 Å². The van der Waals surface area contributed by atoms with Gasteiger partial charge in [-0.1, -0.05) is 32.3 Å². The van der Waals surface area contributed by atoms with Crippen LogP contribution in [0.2, 0.25) is 0 Å². The van der Waals surface area contributed by atoms with E-state index in [4.69, 9.17) is 10.5 Å². The molecule has 0 saturated carbocycles. The van der Waals surface area contributed by atoms with Crippen molar-refractivity contribution in [1.29, 1.82) is 0 Å². The Morgan fingerprint density at radius 3 is 2.75 bits per heavy atom. The molecule has 1 aromatic rings. The lowest BCUT2D eigenvalue weighted by molar-refractivity contribution is 0.399. The molecule has 0 aliphatic rings. The molecule has 0 bridgehead atoms. The van der Waals surface area contributed by atoms with Crippen molar-refractivity contribution in [3.8, 4) is 5.75 Å². The summed E-state index contributed by atoms with van der Waals surface area (Å²) in [6, 6.07) is 4.46. The van der Waals surface area contributed by atoms with Gasteiger partial charge in [0.25, 0.3) is 0 Å². The number of rotatable bonds is 6. The molecular formula is C13H20FNO. The van der Waals surface area contributed by atoms with Crippen LogP contribution in [0.5, 0.6) is 5.75 Å². The molecule has 90 valence electrons. The molecular weight excluding hydrogens is 205 g/mol. The van der Waals surface area contributed by atoms with Crippen molar-refractivity contribution >= 4 is 0 Å². The molecule has 16 heavy (non-hydrogen) atoms. The largest absolute Gasteiger partial charge is 0.496 e. The van der Waals surface area contributed by atoms with E-state index in [1.165, 1.54) is 32.1 Å². The third-order valence-corrected chi connectivity index (χ3v) is 2.71. The van der Waals surface area contributed by atoms with Gasteiger partial charge in [-0.15, -0.1) is 0 Å². The minimum atomic E-state index is -0.290. The van der Waals surface area contributed by atoms with Crippen molar-refractivity contribution in [2.75, 3.05) is 7.11 Å². The van der Waals surface area contributed by atoms with E-state index >= 15 is 0 Å². The van der Waals surface area contributed by atoms with Crippen molar-refractivity contribution < 1.29 is 9.13 Å². The van der Waals surface area contributed by atoms with Gasteiger partial charge in [0.15, 0.2) is 0 Å². The third-order valence-electron chi connectivity index (χ3n) is 2.71. The van der Waals surface area contributed by atoms with Crippen molar-refractivity contribution in [2.24, 2.45) is 5.73 Å². The Morgan fingerprint density at radius 2 is 2.12 bits per heavy atom. The zero-order valence-electron chi connectivity index (χ0n) is 10.0. The Labute approximate surface area is 96.6 Å². The average Bonchev–Trinajstić information content (AvgIpc) is 2.29. The molecule has 0 amide bonds. The molecule has 0 radical (unpaired) electrons. The van der Waals surface area contributed by atoms with Crippen LogP contribution in [-0.4, -0.2) is 7.11 Å². The predicted octanol–water partition coefficient (Wildman–Crippen LogP) is 3.41. The van der Waals surface area contributed by atoms with Gasteiger partial charge >= 0.3 is 0 Å². The van der Waals surface area contributed by atoms with Gasteiger partial charge in [-0.25, -0.2) is 4.39 Å². The maximum absolute atomic E-state index is 13.0. The fourth-order valence-corrected chi connectivity index (χ4v) is 1.76. The molecule has 0 aromatic heterocycles. The van der Waals surface area contributed by atoms with E-state index in [0.717, 1.165) is 18.4 Å². The van der Waals surface area contributed by atoms with Crippen LogP contribution in [0.3, 0.4) is 0 Å². The van der Waals surface area contributed by atoms with Crippen molar-refractivity contribution in [2.45, 2.75) is 38.6 Å². The van der Waals surface area contributed by atoms with Gasteiger partial charge < -0.3 is 10.5 Å². The first kappa shape index (κ1) is 13.0. The first-order chi connectivity index (χ1) is 7.69. The Balaban J connectivity index is 2.70. The van der Waals surface area contributed by atoms with Crippen LogP contribution in [0.1, 0.15) is 44.2 Å². The normalized spacial score (nSPS) is 12.5. The van der Waals surface area contributed by atoms with Gasteiger partial charge in [0.1, 0.15) is 11.6 Å². The summed E-state index contributed by atoms with van der Waals surface area (Å²) in [6.45, 7) is 2.16. The van der Waals surface area contributed by atoms with Crippen LogP contribution in [-0.2, 0) is 0 Å². The van der Waals surface area contributed by atoms with Crippen LogP contribution >= 0.6 is 0 Å². The SMILES string of the molecule is CCCCC[C@@H](N)c1ccc(F)cc1OC. The summed E-state index contributed by atoms with van der Waals surface area (Å²) >= 11 is 0. The van der Waals surface area contributed by atoms with Crippen LogP contribution in [0.15, 0.2) is 18.2 Å². The summed E-state index contributed by atoms with van der Waals surface area (Å²) in [5.41, 5.74) is 6.95. The van der Waals surface area contributed by atoms with E-state index < -0.39 is 0 Å². The molecule has 1 aromatic carbocycles. The second-order valence-electron chi connectivity index (χ2n) is 3.99. The number of nitrogens with two attached hydrogens (primary N) is 1. The molecule has 0 saturated heterocycles. The summed E-state index contributed by atoms with van der Waals surface area (Å²) in [6.07, 6.45) is 4.36. The van der Waals surface area contributed by atoms with Gasteiger partial charge in [0.2, 0.25) is 0 Å². The van der Waals surface area contributed by atoms with Crippen LogP contribution in [0.4, 0.5) is 4.39 Å². The summed E-state index contributed by atoms with van der Waals surface area (Å²) in [5, 5.41) is 0. The van der Waals surface area contributed by atoms with Crippen LogP contribution in [0, 0.1) is 5.82 Å². The van der Waals surface area contributed by atoms with E-state index in [2.05, 4.69) is 6.92 Å². The number of methoxy groups -OCH3 is 1. The molecule has 0 aliphatic carbocycles. The summed E-state index contributed by atoms with van der Waals surface area (Å²) in [5.74, 6) is 0.255. The Hall–Kier alpha value is -1.09. The molecule has 2 nitrogen and oxygen atoms in total. The zero-order valence-corrected chi connectivity index (χ0v) is 10.0. The number of unbranched alkanes of at least 4 members (excludes halogenated alkanes) is 2. The smallest absolute Gasteiger partial charge is 0.126 e. The first-order valence-corrected chi connectivity index (χ1v) is 5.78. The Morgan fingerprint density at radius 1 is 1.38 bits per heavy atom. The maximum atomic E-state index is 13.0. The highest BCUT2D eigenvalue weighted by molar-refractivity contribution is 5.36. The second-order valence-corrected chi connectivity index (χ2v) is 3.99. The molecule has 1 rings (SSSR count). The van der Waals surface area contributed by atoms with Gasteiger partial charge in [0, 0.05) is 17.7 Å². The average molecular weight is 225 g/mol. The summed E-state index contributed by atoms with van der Waals surface area (Å²) in [4.78, 5) is 0. The lowest BCUT2D eigenvalue weighted by Gasteiger charge is -2.15. The molecule has 0 heterocycles. The van der Waals surface area contributed by atoms with E-state index in [-0.39, 0.29) is 11.9 Å². The highest BCUT2D eigenvalue weighted by atomic mass is 19.1. The predicted molar refractivity (Wildman–Crippen MR) is 64.0 cm³/mol. The molecule has 3 heteroatoms.